The minimum Gasteiger partial charge on any atom is -0.508 e. The molecule has 0 fully saturated rings. The van der Waals surface area contributed by atoms with Gasteiger partial charge in [0.05, 0.1) is 6.54 Å². The van der Waals surface area contributed by atoms with Crippen molar-refractivity contribution in [3.63, 3.8) is 0 Å². The molecular formula is C15H10ClFN2O3. The summed E-state index contributed by atoms with van der Waals surface area (Å²) >= 11 is 5.86. The first-order valence-corrected chi connectivity index (χ1v) is 6.72. The molecule has 22 heavy (non-hydrogen) atoms. The number of halogens is 2. The lowest BCUT2D eigenvalue weighted by Gasteiger charge is -2.03. The van der Waals surface area contributed by atoms with Crippen molar-refractivity contribution in [2.75, 3.05) is 0 Å². The van der Waals surface area contributed by atoms with Crippen LogP contribution in [0.4, 0.5) is 4.39 Å². The van der Waals surface area contributed by atoms with E-state index in [0.29, 0.717) is 16.1 Å². The third-order valence-electron chi connectivity index (χ3n) is 3.06. The number of phenolic OH excluding ortho intramolecular Hbond substituents is 1. The van der Waals surface area contributed by atoms with Gasteiger partial charge in [-0.05, 0) is 42.5 Å². The van der Waals surface area contributed by atoms with Crippen molar-refractivity contribution in [3.05, 3.63) is 69.4 Å². The zero-order valence-electron chi connectivity index (χ0n) is 11.2. The summed E-state index contributed by atoms with van der Waals surface area (Å²) < 4.78 is 19.0. The van der Waals surface area contributed by atoms with Gasteiger partial charge in [-0.3, -0.25) is 0 Å². The van der Waals surface area contributed by atoms with Gasteiger partial charge in [0.15, 0.2) is 0 Å². The number of aromatic nitrogens is 2. The molecule has 0 amide bonds. The summed E-state index contributed by atoms with van der Waals surface area (Å²) in [5, 5.41) is 14.2. The fourth-order valence-electron chi connectivity index (χ4n) is 1.96. The fourth-order valence-corrected chi connectivity index (χ4v) is 2.15. The average molecular weight is 321 g/mol. The fraction of sp³-hybridized carbons (Fsp3) is 0.0667. The van der Waals surface area contributed by atoms with Gasteiger partial charge in [0.1, 0.15) is 11.6 Å². The lowest BCUT2D eigenvalue weighted by molar-refractivity contribution is 0.457. The lowest BCUT2D eigenvalue weighted by Crippen LogP contribution is -2.16. The second-order valence-corrected chi connectivity index (χ2v) is 5.05. The third-order valence-corrected chi connectivity index (χ3v) is 3.29. The Morgan fingerprint density at radius 1 is 1.23 bits per heavy atom. The molecule has 7 heteroatoms. The minimum atomic E-state index is -0.682. The van der Waals surface area contributed by atoms with Crippen LogP contribution in [0.2, 0.25) is 5.02 Å². The van der Waals surface area contributed by atoms with Crippen molar-refractivity contribution in [2.45, 2.75) is 6.54 Å². The first kappa shape index (κ1) is 14.3. The number of phenols is 1. The predicted octanol–water partition coefficient (Wildman–Crippen LogP) is 3.05. The molecular weight excluding hydrogens is 311 g/mol. The van der Waals surface area contributed by atoms with Crippen LogP contribution in [0.25, 0.3) is 11.5 Å². The lowest BCUT2D eigenvalue weighted by atomic mass is 10.2. The van der Waals surface area contributed by atoms with E-state index >= 15 is 0 Å². The van der Waals surface area contributed by atoms with E-state index in [9.17, 15) is 14.3 Å². The highest BCUT2D eigenvalue weighted by Crippen LogP contribution is 2.22. The van der Waals surface area contributed by atoms with E-state index < -0.39 is 11.6 Å². The Morgan fingerprint density at radius 3 is 2.68 bits per heavy atom. The predicted molar refractivity (Wildman–Crippen MR) is 78.4 cm³/mol. The molecule has 3 rings (SSSR count). The van der Waals surface area contributed by atoms with Crippen LogP contribution in [-0.2, 0) is 6.54 Å². The Kier molecular flexibility index (Phi) is 3.68. The van der Waals surface area contributed by atoms with Crippen molar-refractivity contribution in [1.82, 2.24) is 9.78 Å². The number of benzene rings is 2. The highest BCUT2D eigenvalue weighted by molar-refractivity contribution is 6.30. The molecule has 0 spiro atoms. The maximum atomic E-state index is 12.9. The van der Waals surface area contributed by atoms with Gasteiger partial charge in [-0.25, -0.2) is 9.18 Å². The van der Waals surface area contributed by atoms with Crippen LogP contribution < -0.4 is 5.76 Å². The van der Waals surface area contributed by atoms with E-state index in [4.69, 9.17) is 16.0 Å². The van der Waals surface area contributed by atoms with Crippen molar-refractivity contribution in [2.24, 2.45) is 0 Å². The summed E-state index contributed by atoms with van der Waals surface area (Å²) in [7, 11) is 0. The second kappa shape index (κ2) is 5.65. The highest BCUT2D eigenvalue weighted by atomic mass is 35.5. The minimum absolute atomic E-state index is 0.00244. The number of hydrogen-bond donors (Lipinski definition) is 1. The molecule has 0 atom stereocenters. The van der Waals surface area contributed by atoms with Crippen molar-refractivity contribution >= 4 is 11.6 Å². The molecule has 2 aromatic carbocycles. The first-order valence-electron chi connectivity index (χ1n) is 6.34. The monoisotopic (exact) mass is 320 g/mol. The number of hydrogen-bond acceptors (Lipinski definition) is 4. The summed E-state index contributed by atoms with van der Waals surface area (Å²) in [5.74, 6) is -0.998. The van der Waals surface area contributed by atoms with E-state index in [-0.39, 0.29) is 18.2 Å². The maximum absolute atomic E-state index is 12.9. The normalized spacial score (nSPS) is 10.8. The molecule has 5 nitrogen and oxygen atoms in total. The SMILES string of the molecule is O=c1oc(-c2ccc(F)cc2)nn1Cc1cc(Cl)ccc1O. The Morgan fingerprint density at radius 2 is 1.95 bits per heavy atom. The summed E-state index contributed by atoms with van der Waals surface area (Å²) in [5.41, 5.74) is 0.918. The van der Waals surface area contributed by atoms with Gasteiger partial charge < -0.3 is 9.52 Å². The van der Waals surface area contributed by atoms with Gasteiger partial charge in [-0.2, -0.15) is 4.68 Å². The summed E-state index contributed by atoms with van der Waals surface area (Å²) in [6.45, 7) is 0.00984. The molecule has 0 aliphatic heterocycles. The second-order valence-electron chi connectivity index (χ2n) is 4.61. The molecule has 0 unspecified atom stereocenters. The summed E-state index contributed by atoms with van der Waals surface area (Å²) in [6.07, 6.45) is 0. The molecule has 0 saturated carbocycles. The van der Waals surface area contributed by atoms with Crippen LogP contribution >= 0.6 is 11.6 Å². The van der Waals surface area contributed by atoms with Gasteiger partial charge in [-0.1, -0.05) is 11.6 Å². The van der Waals surface area contributed by atoms with Crippen molar-refractivity contribution < 1.29 is 13.9 Å². The van der Waals surface area contributed by atoms with E-state index in [1.807, 2.05) is 0 Å². The van der Waals surface area contributed by atoms with Gasteiger partial charge in [0.25, 0.3) is 0 Å². The quantitative estimate of drug-likeness (QED) is 0.805. The largest absolute Gasteiger partial charge is 0.508 e. The highest BCUT2D eigenvalue weighted by Gasteiger charge is 2.12. The van der Waals surface area contributed by atoms with Crippen molar-refractivity contribution in [3.8, 4) is 17.2 Å². The Bertz CT molecular complexity index is 871. The van der Waals surface area contributed by atoms with Gasteiger partial charge in [0, 0.05) is 16.1 Å². The molecule has 1 aromatic heterocycles. The molecule has 1 heterocycles. The molecule has 0 radical (unpaired) electrons. The topological polar surface area (TPSA) is 68.3 Å². The standard InChI is InChI=1S/C15H10ClFN2O3/c16-11-3-6-13(20)10(7-11)8-19-15(21)22-14(18-19)9-1-4-12(17)5-2-9/h1-7,20H,8H2. The molecule has 3 aromatic rings. The molecule has 0 bridgehead atoms. The zero-order chi connectivity index (χ0) is 15.7. The maximum Gasteiger partial charge on any atom is 0.437 e. The first-order chi connectivity index (χ1) is 10.5. The smallest absolute Gasteiger partial charge is 0.437 e. The molecule has 0 aliphatic carbocycles. The Labute approximate surface area is 129 Å². The summed E-state index contributed by atoms with van der Waals surface area (Å²) in [4.78, 5) is 11.8. The Hall–Kier alpha value is -2.60. The van der Waals surface area contributed by atoms with E-state index in [1.165, 1.54) is 42.5 Å². The molecule has 112 valence electrons. The zero-order valence-corrected chi connectivity index (χ0v) is 11.9. The van der Waals surface area contributed by atoms with Gasteiger partial charge in [-0.15, -0.1) is 5.10 Å². The van der Waals surface area contributed by atoms with E-state index in [0.717, 1.165) is 4.68 Å². The van der Waals surface area contributed by atoms with Crippen LogP contribution in [0.15, 0.2) is 51.7 Å². The number of nitrogens with zero attached hydrogens (tertiary/aromatic N) is 2. The van der Waals surface area contributed by atoms with Crippen LogP contribution in [0.1, 0.15) is 5.56 Å². The van der Waals surface area contributed by atoms with Gasteiger partial charge >= 0.3 is 5.76 Å². The molecule has 0 aliphatic rings. The van der Waals surface area contributed by atoms with Gasteiger partial charge in [0.2, 0.25) is 5.89 Å². The van der Waals surface area contributed by atoms with E-state index in [2.05, 4.69) is 5.10 Å². The van der Waals surface area contributed by atoms with Crippen LogP contribution in [-0.4, -0.2) is 14.9 Å². The molecule has 1 N–H and O–H groups in total. The molecule has 0 saturated heterocycles. The van der Waals surface area contributed by atoms with Crippen LogP contribution in [0.5, 0.6) is 5.75 Å². The third kappa shape index (κ3) is 2.87. The number of aromatic hydroxyl groups is 1. The van der Waals surface area contributed by atoms with Crippen molar-refractivity contribution in [1.29, 1.82) is 0 Å². The average Bonchev–Trinajstić information content (AvgIpc) is 2.85. The van der Waals surface area contributed by atoms with Crippen LogP contribution in [0.3, 0.4) is 0 Å². The van der Waals surface area contributed by atoms with Crippen LogP contribution in [0, 0.1) is 5.82 Å². The number of rotatable bonds is 3. The summed E-state index contributed by atoms with van der Waals surface area (Å²) in [6, 6.07) is 9.92. The Balaban J connectivity index is 1.94. The van der Waals surface area contributed by atoms with E-state index in [1.54, 1.807) is 0 Å².